The van der Waals surface area contributed by atoms with Gasteiger partial charge in [-0.05, 0) is 25.0 Å². The molecular weight excluding hydrogens is 270 g/mol. The van der Waals surface area contributed by atoms with E-state index in [4.69, 9.17) is 9.47 Å². The molecule has 0 amide bonds. The molecule has 1 heterocycles. The molecule has 2 aromatic rings. The Morgan fingerprint density at radius 2 is 2.14 bits per heavy atom. The quantitative estimate of drug-likeness (QED) is 0.626. The molecule has 21 heavy (non-hydrogen) atoms. The Morgan fingerprint density at radius 1 is 1.29 bits per heavy atom. The van der Waals surface area contributed by atoms with E-state index < -0.39 is 5.97 Å². The number of hydrogen-bond donors (Lipinski definition) is 1. The highest BCUT2D eigenvalue weighted by Gasteiger charge is 2.19. The van der Waals surface area contributed by atoms with Crippen LogP contribution in [0.4, 0.5) is 0 Å². The van der Waals surface area contributed by atoms with E-state index in [2.05, 4.69) is 22.3 Å². The van der Waals surface area contributed by atoms with Crippen molar-refractivity contribution in [1.82, 2.24) is 15.4 Å². The minimum Gasteiger partial charge on any atom is -0.461 e. The van der Waals surface area contributed by atoms with Crippen LogP contribution in [0.5, 0.6) is 0 Å². The lowest BCUT2D eigenvalue weighted by atomic mass is 10.1. The number of carbonyl (C=O) groups is 1. The maximum atomic E-state index is 11.8. The van der Waals surface area contributed by atoms with Crippen molar-refractivity contribution < 1.29 is 14.3 Å². The molecule has 0 fully saturated rings. The SMILES string of the molecule is CCCOCc1cccc(-c2n[nH]nc2C(=O)OCC)c1. The Morgan fingerprint density at radius 3 is 2.90 bits per heavy atom. The summed E-state index contributed by atoms with van der Waals surface area (Å²) in [5.74, 6) is -0.478. The number of esters is 1. The maximum Gasteiger partial charge on any atom is 0.361 e. The van der Waals surface area contributed by atoms with Crippen molar-refractivity contribution in [3.8, 4) is 11.3 Å². The number of aromatic nitrogens is 3. The molecule has 1 aromatic carbocycles. The first kappa shape index (κ1) is 15.2. The first-order chi connectivity index (χ1) is 10.3. The maximum absolute atomic E-state index is 11.8. The predicted octanol–water partition coefficient (Wildman–Crippen LogP) is 2.58. The normalized spacial score (nSPS) is 10.6. The van der Waals surface area contributed by atoms with Crippen molar-refractivity contribution in [2.24, 2.45) is 0 Å². The van der Waals surface area contributed by atoms with Gasteiger partial charge in [0, 0.05) is 12.2 Å². The molecule has 1 N–H and O–H groups in total. The fraction of sp³-hybridized carbons (Fsp3) is 0.400. The molecule has 0 radical (unpaired) electrons. The molecule has 0 aliphatic carbocycles. The van der Waals surface area contributed by atoms with E-state index in [0.717, 1.165) is 24.2 Å². The summed E-state index contributed by atoms with van der Waals surface area (Å²) in [6, 6.07) is 7.70. The predicted molar refractivity (Wildman–Crippen MR) is 77.7 cm³/mol. The number of benzene rings is 1. The summed E-state index contributed by atoms with van der Waals surface area (Å²) in [6.45, 7) is 5.38. The van der Waals surface area contributed by atoms with Gasteiger partial charge in [-0.1, -0.05) is 25.1 Å². The van der Waals surface area contributed by atoms with Crippen LogP contribution in [-0.2, 0) is 16.1 Å². The van der Waals surface area contributed by atoms with Gasteiger partial charge in [0.1, 0.15) is 5.69 Å². The molecule has 6 heteroatoms. The van der Waals surface area contributed by atoms with Crippen molar-refractivity contribution in [3.63, 3.8) is 0 Å². The molecule has 112 valence electrons. The topological polar surface area (TPSA) is 77.1 Å². The van der Waals surface area contributed by atoms with Crippen LogP contribution in [0.2, 0.25) is 0 Å². The average Bonchev–Trinajstić information content (AvgIpc) is 2.98. The smallest absolute Gasteiger partial charge is 0.361 e. The molecule has 0 aliphatic rings. The van der Waals surface area contributed by atoms with Crippen LogP contribution in [0.3, 0.4) is 0 Å². The van der Waals surface area contributed by atoms with Gasteiger partial charge in [0.15, 0.2) is 5.69 Å². The fourth-order valence-electron chi connectivity index (χ4n) is 1.92. The molecule has 0 bridgehead atoms. The zero-order chi connectivity index (χ0) is 15.1. The number of carbonyl (C=O) groups excluding carboxylic acids is 1. The van der Waals surface area contributed by atoms with E-state index in [9.17, 15) is 4.79 Å². The lowest BCUT2D eigenvalue weighted by Crippen LogP contribution is -2.06. The van der Waals surface area contributed by atoms with Crippen LogP contribution in [0, 0.1) is 0 Å². The van der Waals surface area contributed by atoms with E-state index in [1.165, 1.54) is 0 Å². The molecule has 0 saturated carbocycles. The molecule has 0 atom stereocenters. The summed E-state index contributed by atoms with van der Waals surface area (Å²) < 4.78 is 10.5. The van der Waals surface area contributed by atoms with Gasteiger partial charge in [0.2, 0.25) is 0 Å². The highest BCUT2D eigenvalue weighted by atomic mass is 16.5. The van der Waals surface area contributed by atoms with E-state index in [-0.39, 0.29) is 5.69 Å². The monoisotopic (exact) mass is 289 g/mol. The van der Waals surface area contributed by atoms with E-state index in [0.29, 0.717) is 18.9 Å². The Bertz CT molecular complexity index is 595. The molecule has 0 aliphatic heterocycles. The van der Waals surface area contributed by atoms with Crippen LogP contribution in [0.1, 0.15) is 36.3 Å². The summed E-state index contributed by atoms with van der Waals surface area (Å²) in [5, 5.41) is 10.4. The first-order valence-corrected chi connectivity index (χ1v) is 7.01. The largest absolute Gasteiger partial charge is 0.461 e. The molecule has 1 aromatic heterocycles. The highest BCUT2D eigenvalue weighted by molar-refractivity contribution is 5.93. The van der Waals surface area contributed by atoms with Crippen molar-refractivity contribution in [1.29, 1.82) is 0 Å². The third kappa shape index (κ3) is 3.88. The number of rotatable bonds is 7. The lowest BCUT2D eigenvalue weighted by Gasteiger charge is -2.05. The van der Waals surface area contributed by atoms with Crippen LogP contribution >= 0.6 is 0 Å². The van der Waals surface area contributed by atoms with Crippen molar-refractivity contribution in [2.45, 2.75) is 26.9 Å². The Hall–Kier alpha value is -2.21. The van der Waals surface area contributed by atoms with Gasteiger partial charge in [-0.15, -0.1) is 5.10 Å². The van der Waals surface area contributed by atoms with Crippen molar-refractivity contribution in [2.75, 3.05) is 13.2 Å². The standard InChI is InChI=1S/C15H19N3O3/c1-3-8-20-10-11-6-5-7-12(9-11)13-14(17-18-16-13)15(19)21-4-2/h5-7,9H,3-4,8,10H2,1-2H3,(H,16,17,18). The third-order valence-electron chi connectivity index (χ3n) is 2.83. The lowest BCUT2D eigenvalue weighted by molar-refractivity contribution is 0.0520. The summed E-state index contributed by atoms with van der Waals surface area (Å²) >= 11 is 0. The Labute approximate surface area is 123 Å². The Balaban J connectivity index is 2.20. The highest BCUT2D eigenvalue weighted by Crippen LogP contribution is 2.21. The number of ether oxygens (including phenoxy) is 2. The van der Waals surface area contributed by atoms with E-state index in [1.807, 2.05) is 24.3 Å². The molecule has 6 nitrogen and oxygen atoms in total. The summed E-state index contributed by atoms with van der Waals surface area (Å²) in [5.41, 5.74) is 2.53. The fourth-order valence-corrected chi connectivity index (χ4v) is 1.92. The molecular formula is C15H19N3O3. The second-order valence-corrected chi connectivity index (χ2v) is 4.49. The second kappa shape index (κ2) is 7.54. The third-order valence-corrected chi connectivity index (χ3v) is 2.83. The molecule has 2 rings (SSSR count). The molecule has 0 saturated heterocycles. The number of nitrogens with one attached hydrogen (secondary N) is 1. The van der Waals surface area contributed by atoms with Crippen LogP contribution in [0.25, 0.3) is 11.3 Å². The van der Waals surface area contributed by atoms with Crippen LogP contribution in [0.15, 0.2) is 24.3 Å². The molecule has 0 unspecified atom stereocenters. The van der Waals surface area contributed by atoms with Gasteiger partial charge in [-0.2, -0.15) is 10.3 Å². The van der Waals surface area contributed by atoms with Crippen molar-refractivity contribution >= 4 is 5.97 Å². The van der Waals surface area contributed by atoms with Gasteiger partial charge >= 0.3 is 5.97 Å². The van der Waals surface area contributed by atoms with Crippen LogP contribution in [-0.4, -0.2) is 34.6 Å². The average molecular weight is 289 g/mol. The number of nitrogens with zero attached hydrogens (tertiary/aromatic N) is 2. The van der Waals surface area contributed by atoms with Crippen molar-refractivity contribution in [3.05, 3.63) is 35.5 Å². The number of H-pyrrole nitrogens is 1. The first-order valence-electron chi connectivity index (χ1n) is 7.01. The second-order valence-electron chi connectivity index (χ2n) is 4.49. The Kier molecular flexibility index (Phi) is 5.45. The summed E-state index contributed by atoms with van der Waals surface area (Å²) in [6.07, 6.45) is 0.982. The van der Waals surface area contributed by atoms with Gasteiger partial charge in [-0.25, -0.2) is 4.79 Å². The van der Waals surface area contributed by atoms with Crippen LogP contribution < -0.4 is 0 Å². The minimum absolute atomic E-state index is 0.198. The number of hydrogen-bond acceptors (Lipinski definition) is 5. The van der Waals surface area contributed by atoms with E-state index >= 15 is 0 Å². The van der Waals surface area contributed by atoms with Gasteiger partial charge in [0.25, 0.3) is 0 Å². The summed E-state index contributed by atoms with van der Waals surface area (Å²) in [4.78, 5) is 11.8. The van der Waals surface area contributed by atoms with Gasteiger partial charge < -0.3 is 9.47 Å². The van der Waals surface area contributed by atoms with E-state index in [1.54, 1.807) is 6.92 Å². The zero-order valence-electron chi connectivity index (χ0n) is 12.3. The number of aromatic amines is 1. The van der Waals surface area contributed by atoms with Gasteiger partial charge in [-0.3, -0.25) is 0 Å². The van der Waals surface area contributed by atoms with Gasteiger partial charge in [0.05, 0.1) is 13.2 Å². The summed E-state index contributed by atoms with van der Waals surface area (Å²) in [7, 11) is 0. The molecule has 0 spiro atoms. The minimum atomic E-state index is -0.478. The zero-order valence-corrected chi connectivity index (χ0v) is 12.3.